The summed E-state index contributed by atoms with van der Waals surface area (Å²) in [5.74, 6) is -5.84. The van der Waals surface area contributed by atoms with Gasteiger partial charge in [-0.25, -0.2) is 14.4 Å². The van der Waals surface area contributed by atoms with Gasteiger partial charge in [0.1, 0.15) is 30.3 Å². The average molecular weight is 685 g/mol. The molecule has 15 heteroatoms. The summed E-state index contributed by atoms with van der Waals surface area (Å²) in [6.07, 6.45) is -2.77. The van der Waals surface area contributed by atoms with Crippen molar-refractivity contribution in [2.45, 2.75) is 88.7 Å². The fourth-order valence-electron chi connectivity index (χ4n) is 7.96. The van der Waals surface area contributed by atoms with Crippen LogP contribution in [0.2, 0.25) is 0 Å². The number of carbonyl (C=O) groups excluding carboxylic acids is 5. The Morgan fingerprint density at radius 2 is 1.29 bits per heavy atom. The number of hydrogen-bond donors (Lipinski definition) is 1. The summed E-state index contributed by atoms with van der Waals surface area (Å²) in [6, 6.07) is 8.44. The molecule has 1 saturated heterocycles. The van der Waals surface area contributed by atoms with Crippen LogP contribution in [0.3, 0.4) is 0 Å². The molecule has 3 aromatic heterocycles. The standard InChI is InChI=1S/C34H36O15/c1-18(35)44-17-33-25(47-29(38)22-10-7-13-42-22)15-20-26(45-19(2)36)34(33,49-31(20,3)4)32(5,40)16-24(46-28(37)21-9-6-12-41-21)27(33)48-30(39)23-11-8-14-43-23/h6-14,20,24-27,40H,15-17H2,1-5H3/t20-,24+,25+,26-,27+,32-,33-,34+/m1/s1. The fourth-order valence-corrected chi connectivity index (χ4v) is 7.96. The van der Waals surface area contributed by atoms with Crippen molar-refractivity contribution in [2.75, 3.05) is 6.61 Å². The SMILES string of the molecule is CC(=O)OC[C@]12[C@@H](OC(=O)c3ccco3)C[C@@H]3[C@@H](OC(C)=O)[C@]1(OC3(C)C)[C@](C)(O)C[C@H](OC(=O)c1ccco1)[C@@H]2OC(=O)c1ccco1. The zero-order valence-electron chi connectivity index (χ0n) is 27.4. The van der Waals surface area contributed by atoms with E-state index in [-0.39, 0.29) is 23.7 Å². The summed E-state index contributed by atoms with van der Waals surface area (Å²) in [7, 11) is 0. The zero-order valence-corrected chi connectivity index (χ0v) is 27.4. The predicted molar refractivity (Wildman–Crippen MR) is 160 cm³/mol. The average Bonchev–Trinajstić information content (AvgIpc) is 3.84. The van der Waals surface area contributed by atoms with Gasteiger partial charge in [0.05, 0.1) is 30.0 Å². The van der Waals surface area contributed by atoms with E-state index in [1.54, 1.807) is 13.8 Å². The van der Waals surface area contributed by atoms with Gasteiger partial charge in [-0.2, -0.15) is 0 Å². The van der Waals surface area contributed by atoms with Crippen LogP contribution in [0.5, 0.6) is 0 Å². The van der Waals surface area contributed by atoms with Gasteiger partial charge in [0, 0.05) is 26.2 Å². The van der Waals surface area contributed by atoms with Crippen LogP contribution in [0, 0.1) is 11.3 Å². The molecular formula is C34H36O15. The largest absolute Gasteiger partial charge is 0.465 e. The maximum absolute atomic E-state index is 13.8. The third-order valence-electron chi connectivity index (χ3n) is 9.78. The smallest absolute Gasteiger partial charge is 0.374 e. The van der Waals surface area contributed by atoms with Crippen molar-refractivity contribution in [1.29, 1.82) is 0 Å². The molecule has 0 aromatic carbocycles. The van der Waals surface area contributed by atoms with Crippen LogP contribution < -0.4 is 0 Å². The van der Waals surface area contributed by atoms with E-state index >= 15 is 0 Å². The molecule has 4 heterocycles. The minimum atomic E-state index is -2.14. The van der Waals surface area contributed by atoms with Crippen LogP contribution >= 0.6 is 0 Å². The van der Waals surface area contributed by atoms with Crippen LogP contribution in [0.15, 0.2) is 68.4 Å². The number of hydrogen-bond acceptors (Lipinski definition) is 15. The van der Waals surface area contributed by atoms with Gasteiger partial charge in [0.15, 0.2) is 11.7 Å². The highest BCUT2D eigenvalue weighted by Gasteiger charge is 2.86. The predicted octanol–water partition coefficient (Wildman–Crippen LogP) is 3.65. The number of rotatable bonds is 9. The van der Waals surface area contributed by atoms with Crippen LogP contribution in [0.25, 0.3) is 0 Å². The Morgan fingerprint density at radius 3 is 1.78 bits per heavy atom. The third-order valence-corrected chi connectivity index (χ3v) is 9.78. The summed E-state index contributed by atoms with van der Waals surface area (Å²) in [5.41, 5.74) is -7.59. The summed E-state index contributed by atoms with van der Waals surface area (Å²) in [4.78, 5) is 66.2. The third kappa shape index (κ3) is 5.50. The Balaban J connectivity index is 1.62. The molecule has 49 heavy (non-hydrogen) atoms. The first-order valence-corrected chi connectivity index (χ1v) is 15.6. The molecule has 15 nitrogen and oxygen atoms in total. The van der Waals surface area contributed by atoms with E-state index in [2.05, 4.69) is 0 Å². The Labute approximate surface area is 279 Å². The van der Waals surface area contributed by atoms with E-state index in [9.17, 15) is 29.1 Å². The van der Waals surface area contributed by atoms with Gasteiger partial charge >= 0.3 is 29.8 Å². The second-order valence-corrected chi connectivity index (χ2v) is 13.2. The summed E-state index contributed by atoms with van der Waals surface area (Å²) in [6.45, 7) is 6.36. The van der Waals surface area contributed by atoms with Crippen LogP contribution in [0.1, 0.15) is 79.1 Å². The summed E-state index contributed by atoms with van der Waals surface area (Å²) in [5, 5.41) is 12.7. The monoisotopic (exact) mass is 684 g/mol. The second-order valence-electron chi connectivity index (χ2n) is 13.2. The lowest BCUT2D eigenvalue weighted by molar-refractivity contribution is -0.353. The molecule has 6 rings (SSSR count). The molecule has 8 atom stereocenters. The highest BCUT2D eigenvalue weighted by molar-refractivity contribution is 5.88. The van der Waals surface area contributed by atoms with Crippen molar-refractivity contribution in [3.63, 3.8) is 0 Å². The van der Waals surface area contributed by atoms with Crippen molar-refractivity contribution in [3.8, 4) is 0 Å². The van der Waals surface area contributed by atoms with Gasteiger partial charge in [-0.15, -0.1) is 0 Å². The summed E-state index contributed by atoms with van der Waals surface area (Å²) >= 11 is 0. The van der Waals surface area contributed by atoms with Gasteiger partial charge in [-0.3, -0.25) is 9.59 Å². The van der Waals surface area contributed by atoms with E-state index in [0.717, 1.165) is 6.92 Å². The van der Waals surface area contributed by atoms with E-state index < -0.39 is 95.4 Å². The first kappa shape index (κ1) is 34.0. The van der Waals surface area contributed by atoms with Crippen LogP contribution in [-0.4, -0.2) is 82.8 Å². The van der Waals surface area contributed by atoms with Crippen LogP contribution in [-0.2, 0) is 38.0 Å². The minimum absolute atomic E-state index is 0.121. The molecule has 3 fully saturated rings. The lowest BCUT2D eigenvalue weighted by atomic mass is 9.46. The van der Waals surface area contributed by atoms with Gasteiger partial charge in [0.2, 0.25) is 17.3 Å². The number of esters is 5. The molecule has 0 radical (unpaired) electrons. The van der Waals surface area contributed by atoms with Crippen molar-refractivity contribution in [1.82, 2.24) is 0 Å². The normalized spacial score (nSPS) is 32.7. The second kappa shape index (κ2) is 12.2. The van der Waals surface area contributed by atoms with Gasteiger partial charge < -0.3 is 46.8 Å². The van der Waals surface area contributed by atoms with Crippen molar-refractivity contribution in [2.24, 2.45) is 11.3 Å². The van der Waals surface area contributed by atoms with Gasteiger partial charge in [-0.05, 0) is 63.6 Å². The number of fused-ring (bicyclic) bond motifs is 1. The maximum Gasteiger partial charge on any atom is 0.374 e. The number of furan rings is 3. The molecule has 262 valence electrons. The molecule has 0 amide bonds. The molecule has 2 aliphatic carbocycles. The van der Waals surface area contributed by atoms with E-state index in [1.165, 1.54) is 69.0 Å². The summed E-state index contributed by atoms with van der Waals surface area (Å²) < 4.78 is 52.5. The molecule has 1 N–H and O–H groups in total. The molecule has 2 bridgehead atoms. The van der Waals surface area contributed by atoms with Crippen LogP contribution in [0.4, 0.5) is 0 Å². The Bertz CT molecular complexity index is 1700. The fraction of sp³-hybridized carbons (Fsp3) is 0.500. The lowest BCUT2D eigenvalue weighted by Crippen LogP contribution is -2.83. The van der Waals surface area contributed by atoms with E-state index in [1.807, 2.05) is 0 Å². The quantitative estimate of drug-likeness (QED) is 0.253. The molecule has 1 aliphatic heterocycles. The molecular weight excluding hydrogens is 648 g/mol. The van der Waals surface area contributed by atoms with E-state index in [0.29, 0.717) is 0 Å². The van der Waals surface area contributed by atoms with Crippen molar-refractivity contribution >= 4 is 29.8 Å². The number of carbonyl (C=O) groups is 5. The Morgan fingerprint density at radius 1 is 0.755 bits per heavy atom. The van der Waals surface area contributed by atoms with E-state index in [4.69, 9.17) is 41.7 Å². The molecule has 2 saturated carbocycles. The molecule has 1 spiro atoms. The molecule has 3 aromatic rings. The first-order chi connectivity index (χ1) is 23.1. The van der Waals surface area contributed by atoms with Gasteiger partial charge in [-0.1, -0.05) is 0 Å². The number of ether oxygens (including phenoxy) is 6. The topological polar surface area (TPSA) is 200 Å². The lowest BCUT2D eigenvalue weighted by Gasteiger charge is -2.65. The van der Waals surface area contributed by atoms with Crippen molar-refractivity contribution < 1.29 is 70.8 Å². The zero-order chi connectivity index (χ0) is 35.4. The maximum atomic E-state index is 13.8. The Kier molecular flexibility index (Phi) is 8.47. The molecule has 3 aliphatic rings. The first-order valence-electron chi connectivity index (χ1n) is 15.6. The molecule has 0 unspecified atom stereocenters. The minimum Gasteiger partial charge on any atom is -0.465 e. The highest BCUT2D eigenvalue weighted by atomic mass is 16.6. The van der Waals surface area contributed by atoms with Gasteiger partial charge in [0.25, 0.3) is 0 Å². The number of aliphatic hydroxyl groups is 1. The van der Waals surface area contributed by atoms with Crippen molar-refractivity contribution in [3.05, 3.63) is 72.5 Å². The Hall–Kier alpha value is -4.89. The highest BCUT2D eigenvalue weighted by Crippen LogP contribution is 2.69.